The van der Waals surface area contributed by atoms with Crippen molar-refractivity contribution in [3.8, 4) is 11.3 Å². The second kappa shape index (κ2) is 10.1. The van der Waals surface area contributed by atoms with Crippen LogP contribution in [0.4, 0.5) is 0 Å². The smallest absolute Gasteiger partial charge is 0.133 e. The molecule has 1 nitrogen and oxygen atoms in total. The number of alkyl halides is 2. The van der Waals surface area contributed by atoms with Gasteiger partial charge in [-0.2, -0.15) is 6.07 Å². The van der Waals surface area contributed by atoms with Crippen molar-refractivity contribution in [2.45, 2.75) is 42.4 Å². The van der Waals surface area contributed by atoms with Gasteiger partial charge in [-0.1, -0.05) is 37.1 Å². The Morgan fingerprint density at radius 2 is 1.89 bits per heavy atom. The van der Waals surface area contributed by atoms with Crippen LogP contribution in [0.1, 0.15) is 35.6 Å². The van der Waals surface area contributed by atoms with Crippen molar-refractivity contribution < 1.29 is 37.1 Å². The maximum atomic E-state index is 6.71. The summed E-state index contributed by atoms with van der Waals surface area (Å²) in [5.41, 5.74) is 2.38. The van der Waals surface area contributed by atoms with Crippen LogP contribution >= 0.6 is 34.5 Å². The predicted molar refractivity (Wildman–Crippen MR) is 110 cm³/mol. The number of thiophene rings is 1. The summed E-state index contributed by atoms with van der Waals surface area (Å²) in [6.45, 7) is 0. The van der Waals surface area contributed by atoms with Gasteiger partial charge in [0.15, 0.2) is 0 Å². The van der Waals surface area contributed by atoms with E-state index in [-0.39, 0.29) is 43.5 Å². The standard InChI is InChI=1S/C22H21Cl2OS.Y/c23-19-14-20(24)22(18(19)6-1-4-17-5-3-13-26-17)16-10-8-15(9-11-16)21-7-2-12-25-21;/h2-3,5,7-12,18-20,22H,1,4,6,14H2;/q-1;. The molecule has 2 heterocycles. The van der Waals surface area contributed by atoms with E-state index in [0.717, 1.165) is 37.0 Å². The van der Waals surface area contributed by atoms with Gasteiger partial charge in [0.25, 0.3) is 0 Å². The molecule has 1 fully saturated rings. The Hall–Kier alpha value is -0.116. The van der Waals surface area contributed by atoms with Crippen molar-refractivity contribution in [2.75, 3.05) is 0 Å². The molecular formula is C22H21Cl2OSY-. The summed E-state index contributed by atoms with van der Waals surface area (Å²) in [6.07, 6.45) is 5.94. The van der Waals surface area contributed by atoms with E-state index < -0.39 is 0 Å². The van der Waals surface area contributed by atoms with E-state index in [2.05, 4.69) is 35.7 Å². The van der Waals surface area contributed by atoms with Crippen molar-refractivity contribution in [1.82, 2.24) is 0 Å². The fourth-order valence-electron chi connectivity index (χ4n) is 4.08. The molecule has 27 heavy (non-hydrogen) atoms. The number of furan rings is 1. The van der Waals surface area contributed by atoms with E-state index in [4.69, 9.17) is 27.6 Å². The molecule has 4 atom stereocenters. The van der Waals surface area contributed by atoms with E-state index in [0.29, 0.717) is 11.8 Å². The van der Waals surface area contributed by atoms with Crippen molar-refractivity contribution >= 4 is 34.5 Å². The summed E-state index contributed by atoms with van der Waals surface area (Å²) < 4.78 is 5.48. The minimum Gasteiger partial charge on any atom is -0.464 e. The molecule has 0 aliphatic heterocycles. The third kappa shape index (κ3) is 5.09. The second-order valence-electron chi connectivity index (χ2n) is 6.97. The third-order valence-electron chi connectivity index (χ3n) is 5.36. The molecule has 4 unspecified atom stereocenters. The average molecular weight is 493 g/mol. The van der Waals surface area contributed by atoms with E-state index in [1.54, 1.807) is 17.6 Å². The topological polar surface area (TPSA) is 13.1 Å². The fourth-order valence-corrected chi connectivity index (χ4v) is 5.84. The normalized spacial score (nSPS) is 24.7. The first-order chi connectivity index (χ1) is 12.7. The van der Waals surface area contributed by atoms with Crippen LogP contribution in [-0.4, -0.2) is 10.8 Å². The molecule has 1 saturated carbocycles. The number of halogens is 2. The van der Waals surface area contributed by atoms with Crippen LogP contribution in [0.3, 0.4) is 0 Å². The average Bonchev–Trinajstić information content (AvgIpc) is 3.38. The molecule has 2 aromatic heterocycles. The largest absolute Gasteiger partial charge is 0.464 e. The first kappa shape index (κ1) is 21.6. The van der Waals surface area contributed by atoms with E-state index >= 15 is 0 Å². The van der Waals surface area contributed by atoms with Gasteiger partial charge >= 0.3 is 0 Å². The maximum absolute atomic E-state index is 6.71. The number of hydrogen-bond acceptors (Lipinski definition) is 2. The van der Waals surface area contributed by atoms with Gasteiger partial charge in [-0.05, 0) is 36.5 Å². The number of rotatable bonds is 6. The quantitative estimate of drug-likeness (QED) is 0.263. The molecule has 0 saturated heterocycles. The van der Waals surface area contributed by atoms with Crippen LogP contribution in [0.2, 0.25) is 0 Å². The fraction of sp³-hybridized carbons (Fsp3) is 0.364. The van der Waals surface area contributed by atoms with Gasteiger partial charge in [0, 0.05) is 54.9 Å². The van der Waals surface area contributed by atoms with Crippen LogP contribution in [0, 0.1) is 11.3 Å². The number of hydrogen-bond donors (Lipinski definition) is 0. The zero-order valence-corrected chi connectivity index (χ0v) is 20.2. The zero-order valence-electron chi connectivity index (χ0n) is 15.0. The first-order valence-electron chi connectivity index (χ1n) is 9.09. The molecule has 1 radical (unpaired) electrons. The summed E-state index contributed by atoms with van der Waals surface area (Å²) in [4.78, 5) is 1.40. The Kier molecular flexibility index (Phi) is 8.06. The van der Waals surface area contributed by atoms with Crippen molar-refractivity contribution in [2.24, 2.45) is 5.92 Å². The maximum Gasteiger partial charge on any atom is 0.133 e. The molecule has 0 spiro atoms. The molecule has 1 aromatic carbocycles. The Morgan fingerprint density at radius 1 is 1.07 bits per heavy atom. The van der Waals surface area contributed by atoms with Gasteiger partial charge in [0.2, 0.25) is 0 Å². The summed E-state index contributed by atoms with van der Waals surface area (Å²) >= 11 is 15.1. The van der Waals surface area contributed by atoms with Crippen LogP contribution < -0.4 is 0 Å². The van der Waals surface area contributed by atoms with Crippen LogP contribution in [0.25, 0.3) is 11.3 Å². The van der Waals surface area contributed by atoms with Gasteiger partial charge in [-0.25, -0.2) is 6.07 Å². The van der Waals surface area contributed by atoms with Crippen LogP contribution in [0.5, 0.6) is 0 Å². The molecule has 1 aliphatic carbocycles. The van der Waals surface area contributed by atoms with Crippen molar-refractivity contribution in [3.63, 3.8) is 0 Å². The molecule has 1 aliphatic rings. The van der Waals surface area contributed by atoms with Gasteiger partial charge in [-0.3, -0.25) is 0 Å². The van der Waals surface area contributed by atoms with Gasteiger partial charge < -0.3 is 15.8 Å². The predicted octanol–water partition coefficient (Wildman–Crippen LogP) is 7.15. The minimum absolute atomic E-state index is 0. The van der Waals surface area contributed by atoms with Gasteiger partial charge in [-0.15, -0.1) is 33.5 Å². The number of aryl methyl sites for hydroxylation is 1. The molecule has 4 rings (SSSR count). The van der Waals surface area contributed by atoms with Gasteiger partial charge in [0.05, 0.1) is 6.26 Å². The summed E-state index contributed by atoms with van der Waals surface area (Å²) in [6, 6.07) is 16.7. The molecule has 0 bridgehead atoms. The van der Waals surface area contributed by atoms with E-state index in [1.165, 1.54) is 10.4 Å². The summed E-state index contributed by atoms with van der Waals surface area (Å²) in [5.74, 6) is 1.64. The Balaban J connectivity index is 0.00000210. The Bertz CT molecular complexity index is 801. The van der Waals surface area contributed by atoms with Crippen LogP contribution in [-0.2, 0) is 39.1 Å². The molecule has 139 valence electrons. The monoisotopic (exact) mass is 492 g/mol. The van der Waals surface area contributed by atoms with E-state index in [9.17, 15) is 0 Å². The zero-order chi connectivity index (χ0) is 17.9. The molecule has 0 amide bonds. The summed E-state index contributed by atoms with van der Waals surface area (Å²) in [7, 11) is 0. The first-order valence-corrected chi connectivity index (χ1v) is 10.8. The van der Waals surface area contributed by atoms with E-state index in [1.807, 2.05) is 18.2 Å². The van der Waals surface area contributed by atoms with Crippen molar-refractivity contribution in [3.05, 3.63) is 70.6 Å². The van der Waals surface area contributed by atoms with Crippen LogP contribution in [0.15, 0.2) is 59.2 Å². The number of benzene rings is 1. The van der Waals surface area contributed by atoms with Gasteiger partial charge in [0.1, 0.15) is 5.76 Å². The minimum atomic E-state index is 0. The SMILES string of the molecule is ClC1CC(Cl)C(c2ccc(-c3ccco3)cc2)C1CCCc1cc[c-]s1.[Y]. The molecule has 0 N–H and O–H groups in total. The molecule has 3 aromatic rings. The second-order valence-corrected chi connectivity index (χ2v) is 9.05. The Labute approximate surface area is 200 Å². The van der Waals surface area contributed by atoms with Crippen molar-refractivity contribution in [1.29, 1.82) is 0 Å². The Morgan fingerprint density at radius 3 is 2.56 bits per heavy atom. The summed E-state index contributed by atoms with van der Waals surface area (Å²) in [5, 5.41) is 3.42. The molecule has 5 heteroatoms. The molecular weight excluding hydrogens is 472 g/mol. The third-order valence-corrected chi connectivity index (χ3v) is 7.16.